The lowest BCUT2D eigenvalue weighted by Crippen LogP contribution is -2.44. The summed E-state index contributed by atoms with van der Waals surface area (Å²) >= 11 is 0. The minimum Gasteiger partial charge on any atom is -0.354 e. The first kappa shape index (κ1) is 17.9. The van der Waals surface area contributed by atoms with Gasteiger partial charge in [-0.05, 0) is 37.9 Å². The van der Waals surface area contributed by atoms with Crippen LogP contribution in [-0.4, -0.2) is 56.9 Å². The topological polar surface area (TPSA) is 66.5 Å². The normalized spacial score (nSPS) is 17.1. The third-order valence-electron chi connectivity index (χ3n) is 4.21. The van der Waals surface area contributed by atoms with E-state index in [4.69, 9.17) is 0 Å². The Morgan fingerprint density at radius 2 is 1.87 bits per heavy atom. The molecule has 0 radical (unpaired) electrons. The van der Waals surface area contributed by atoms with Crippen molar-refractivity contribution < 1.29 is 13.2 Å². The van der Waals surface area contributed by atoms with E-state index in [2.05, 4.69) is 22.3 Å². The fraction of sp³-hybridized carbons (Fsp3) is 0.588. The number of carbonyl (C=O) groups is 1. The van der Waals surface area contributed by atoms with Crippen molar-refractivity contribution >= 4 is 15.7 Å². The molecule has 1 aliphatic heterocycles. The predicted octanol–water partition coefficient (Wildman–Crippen LogP) is 1.24. The number of likely N-dealkylation sites (tertiary alicyclic amines) is 1. The maximum Gasteiger partial charge on any atom is 0.221 e. The van der Waals surface area contributed by atoms with Crippen molar-refractivity contribution in [2.75, 3.05) is 31.6 Å². The van der Waals surface area contributed by atoms with Crippen molar-refractivity contribution in [2.24, 2.45) is 0 Å². The predicted molar refractivity (Wildman–Crippen MR) is 92.1 cm³/mol. The number of carbonyl (C=O) groups excluding carboxylic acids is 1. The lowest BCUT2D eigenvalue weighted by molar-refractivity contribution is -0.120. The molecule has 2 rings (SSSR count). The highest BCUT2D eigenvalue weighted by molar-refractivity contribution is 7.90. The summed E-state index contributed by atoms with van der Waals surface area (Å²) in [6, 6.07) is 10.5. The van der Waals surface area contributed by atoms with Gasteiger partial charge in [0.15, 0.2) is 0 Å². The highest BCUT2D eigenvalue weighted by atomic mass is 32.2. The quantitative estimate of drug-likeness (QED) is 0.774. The smallest absolute Gasteiger partial charge is 0.221 e. The van der Waals surface area contributed by atoms with Gasteiger partial charge < -0.3 is 5.32 Å². The molecule has 5 nitrogen and oxygen atoms in total. The second-order valence-electron chi connectivity index (χ2n) is 6.27. The summed E-state index contributed by atoms with van der Waals surface area (Å²) in [7, 11) is -3.09. The molecule has 1 aromatic rings. The number of nitrogens with zero attached hydrogens (tertiary/aromatic N) is 1. The van der Waals surface area contributed by atoms with Crippen LogP contribution < -0.4 is 5.32 Å². The van der Waals surface area contributed by atoms with Crippen molar-refractivity contribution in [2.45, 2.75) is 31.7 Å². The zero-order valence-electron chi connectivity index (χ0n) is 13.7. The Labute approximate surface area is 139 Å². The molecule has 0 aromatic heterocycles. The number of benzene rings is 1. The Balaban J connectivity index is 1.88. The molecule has 0 spiro atoms. The zero-order chi connectivity index (χ0) is 16.7. The van der Waals surface area contributed by atoms with Gasteiger partial charge in [-0.2, -0.15) is 0 Å². The average Bonchev–Trinajstić information content (AvgIpc) is 3.04. The fourth-order valence-electron chi connectivity index (χ4n) is 2.92. The van der Waals surface area contributed by atoms with Crippen molar-refractivity contribution in [3.63, 3.8) is 0 Å². The van der Waals surface area contributed by atoms with Crippen molar-refractivity contribution in [3.8, 4) is 0 Å². The molecule has 1 fully saturated rings. The van der Waals surface area contributed by atoms with Gasteiger partial charge in [0.1, 0.15) is 9.84 Å². The lowest BCUT2D eigenvalue weighted by atomic mass is 10.0. The van der Waals surface area contributed by atoms with E-state index >= 15 is 0 Å². The number of hydrogen-bond donors (Lipinski definition) is 1. The molecule has 128 valence electrons. The third kappa shape index (κ3) is 6.71. The van der Waals surface area contributed by atoms with Gasteiger partial charge in [0, 0.05) is 25.3 Å². The Morgan fingerprint density at radius 1 is 1.22 bits per heavy atom. The summed E-state index contributed by atoms with van der Waals surface area (Å²) in [6.07, 6.45) is 4.49. The number of rotatable bonds is 8. The van der Waals surface area contributed by atoms with Crippen LogP contribution in [0, 0.1) is 0 Å². The molecule has 1 N–H and O–H groups in total. The maximum absolute atomic E-state index is 11.9. The van der Waals surface area contributed by atoms with Crippen LogP contribution in [-0.2, 0) is 21.1 Å². The first-order valence-corrected chi connectivity index (χ1v) is 10.2. The molecule has 0 bridgehead atoms. The van der Waals surface area contributed by atoms with Crippen LogP contribution in [0.3, 0.4) is 0 Å². The monoisotopic (exact) mass is 338 g/mol. The van der Waals surface area contributed by atoms with Gasteiger partial charge in [-0.3, -0.25) is 9.69 Å². The summed E-state index contributed by atoms with van der Waals surface area (Å²) in [5.41, 5.74) is 1.26. The highest BCUT2D eigenvalue weighted by Crippen LogP contribution is 2.15. The Hall–Kier alpha value is -1.40. The zero-order valence-corrected chi connectivity index (χ0v) is 14.5. The number of nitrogens with one attached hydrogen (secondary N) is 1. The van der Waals surface area contributed by atoms with E-state index in [1.165, 1.54) is 18.4 Å². The minimum absolute atomic E-state index is 0.0386. The van der Waals surface area contributed by atoms with Gasteiger partial charge in [-0.1, -0.05) is 30.3 Å². The minimum atomic E-state index is -3.09. The van der Waals surface area contributed by atoms with E-state index in [0.717, 1.165) is 25.8 Å². The largest absolute Gasteiger partial charge is 0.354 e. The van der Waals surface area contributed by atoms with Crippen molar-refractivity contribution in [3.05, 3.63) is 35.9 Å². The summed E-state index contributed by atoms with van der Waals surface area (Å²) in [5, 5.41) is 2.91. The summed E-state index contributed by atoms with van der Waals surface area (Å²) < 4.78 is 22.3. The molecule has 1 amide bonds. The van der Waals surface area contributed by atoms with Gasteiger partial charge >= 0.3 is 0 Å². The molecule has 6 heteroatoms. The van der Waals surface area contributed by atoms with E-state index in [0.29, 0.717) is 6.54 Å². The highest BCUT2D eigenvalue weighted by Gasteiger charge is 2.22. The average molecular weight is 338 g/mol. The van der Waals surface area contributed by atoms with Crippen LogP contribution in [0.25, 0.3) is 0 Å². The van der Waals surface area contributed by atoms with Gasteiger partial charge in [-0.15, -0.1) is 0 Å². The van der Waals surface area contributed by atoms with Crippen LogP contribution in [0.5, 0.6) is 0 Å². The first-order chi connectivity index (χ1) is 10.9. The first-order valence-electron chi connectivity index (χ1n) is 8.16. The number of sulfone groups is 1. The molecule has 1 unspecified atom stereocenters. The molecule has 1 heterocycles. The van der Waals surface area contributed by atoms with E-state index < -0.39 is 9.84 Å². The molecular formula is C17H26N2O3S. The van der Waals surface area contributed by atoms with Crippen LogP contribution >= 0.6 is 0 Å². The molecule has 1 aliphatic rings. The molecule has 1 saturated heterocycles. The van der Waals surface area contributed by atoms with E-state index in [1.54, 1.807) is 0 Å². The third-order valence-corrected chi connectivity index (χ3v) is 5.15. The molecule has 1 aromatic carbocycles. The Morgan fingerprint density at radius 3 is 2.48 bits per heavy atom. The molecule has 23 heavy (non-hydrogen) atoms. The van der Waals surface area contributed by atoms with E-state index in [1.807, 2.05) is 18.2 Å². The van der Waals surface area contributed by atoms with Gasteiger partial charge in [-0.25, -0.2) is 8.42 Å². The number of hydrogen-bond acceptors (Lipinski definition) is 4. The summed E-state index contributed by atoms with van der Waals surface area (Å²) in [6.45, 7) is 2.70. The second kappa shape index (κ2) is 8.45. The fourth-order valence-corrected chi connectivity index (χ4v) is 3.48. The summed E-state index contributed by atoms with van der Waals surface area (Å²) in [4.78, 5) is 14.3. The van der Waals surface area contributed by atoms with Crippen LogP contribution in [0.4, 0.5) is 0 Å². The Kier molecular flexibility index (Phi) is 6.59. The molecule has 0 saturated carbocycles. The molecule has 0 aliphatic carbocycles. The van der Waals surface area contributed by atoms with E-state index in [9.17, 15) is 13.2 Å². The Bertz CT molecular complexity index is 596. The van der Waals surface area contributed by atoms with Crippen LogP contribution in [0.1, 0.15) is 24.8 Å². The molecular weight excluding hydrogens is 312 g/mol. The van der Waals surface area contributed by atoms with Gasteiger partial charge in [0.25, 0.3) is 0 Å². The van der Waals surface area contributed by atoms with Crippen molar-refractivity contribution in [1.82, 2.24) is 10.2 Å². The number of amides is 1. The molecule has 1 atom stereocenters. The lowest BCUT2D eigenvalue weighted by Gasteiger charge is -2.28. The van der Waals surface area contributed by atoms with Crippen LogP contribution in [0.2, 0.25) is 0 Å². The standard InChI is InChI=1S/C17H26N2O3S/c1-23(21,22)12-9-17(20)18-14-16(19-10-5-6-11-19)13-15-7-3-2-4-8-15/h2-4,7-8,16H,5-6,9-14H2,1H3,(H,18,20). The maximum atomic E-state index is 11.9. The van der Waals surface area contributed by atoms with Gasteiger partial charge in [0.05, 0.1) is 5.75 Å². The summed E-state index contributed by atoms with van der Waals surface area (Å²) in [5.74, 6) is -0.279. The SMILES string of the molecule is CS(=O)(=O)CCC(=O)NCC(Cc1ccccc1)N1CCCC1. The van der Waals surface area contributed by atoms with Gasteiger partial charge in [0.2, 0.25) is 5.91 Å². The van der Waals surface area contributed by atoms with E-state index in [-0.39, 0.29) is 24.1 Å². The van der Waals surface area contributed by atoms with Crippen LogP contribution in [0.15, 0.2) is 30.3 Å². The second-order valence-corrected chi connectivity index (χ2v) is 8.53. The van der Waals surface area contributed by atoms with Crippen molar-refractivity contribution in [1.29, 1.82) is 0 Å².